The monoisotopic (exact) mass is 641 g/mol. The predicted molar refractivity (Wildman–Crippen MR) is 171 cm³/mol. The summed E-state index contributed by atoms with van der Waals surface area (Å²) in [5, 5.41) is 12.8. The van der Waals surface area contributed by atoms with Crippen LogP contribution in [0.2, 0.25) is 0 Å². The van der Waals surface area contributed by atoms with Crippen molar-refractivity contribution in [2.24, 2.45) is 16.7 Å². The van der Waals surface area contributed by atoms with Crippen LogP contribution in [0.15, 0.2) is 48.5 Å². The van der Waals surface area contributed by atoms with E-state index in [-0.39, 0.29) is 11.5 Å². The topological polar surface area (TPSA) is 155 Å². The van der Waals surface area contributed by atoms with Gasteiger partial charge in [-0.2, -0.15) is 0 Å². The van der Waals surface area contributed by atoms with Gasteiger partial charge in [0.15, 0.2) is 11.5 Å². The summed E-state index contributed by atoms with van der Waals surface area (Å²) in [6, 6.07) is 11.0. The van der Waals surface area contributed by atoms with Gasteiger partial charge in [0.05, 0.1) is 16.4 Å². The number of carboxylic acid groups (broad SMARTS) is 1. The largest absolute Gasteiger partial charge is 0.480 e. The average molecular weight is 642 g/mol. The van der Waals surface area contributed by atoms with Crippen LogP contribution in [-0.4, -0.2) is 52.8 Å². The molecule has 2 aromatic rings. The van der Waals surface area contributed by atoms with Crippen molar-refractivity contribution < 1.29 is 48.0 Å². The maximum Gasteiger partial charge on any atom is 0.408 e. The number of esters is 3. The second kappa shape index (κ2) is 14.8. The van der Waals surface area contributed by atoms with Gasteiger partial charge in [-0.25, -0.2) is 14.4 Å². The number of amides is 1. The van der Waals surface area contributed by atoms with Crippen molar-refractivity contribution in [3.63, 3.8) is 0 Å². The number of benzene rings is 2. The van der Waals surface area contributed by atoms with Gasteiger partial charge >= 0.3 is 30.0 Å². The molecule has 0 aromatic heterocycles. The summed E-state index contributed by atoms with van der Waals surface area (Å²) < 4.78 is 22.4. The molecule has 252 valence electrons. The molecular weight excluding hydrogens is 594 g/mol. The highest BCUT2D eigenvalue weighted by atomic mass is 16.6. The highest BCUT2D eigenvalue weighted by molar-refractivity contribution is 5.89. The highest BCUT2D eigenvalue weighted by Crippen LogP contribution is 2.39. The number of aliphatic carboxylic acids is 1. The quantitative estimate of drug-likeness (QED) is 0.216. The first-order chi connectivity index (χ1) is 21.0. The first-order valence-electron chi connectivity index (χ1n) is 15.1. The summed E-state index contributed by atoms with van der Waals surface area (Å²) in [7, 11) is 0. The highest BCUT2D eigenvalue weighted by Gasteiger charge is 2.40. The standard InChI is InChI=1S/C35H47NO10/c1-20(21(2)43-29(39)22-15-13-12-14-16-22)26(27(28(37)38)36-32(42)46-35(9,10)11)23-17-18-24(44-30(40)33(3,4)5)25(19-23)45-31(41)34(6,7)8/h12-21,26-27H,1-11H3,(H,36,42)(H,37,38)/t20?,21?,26?,27-/m0/s1. The van der Waals surface area contributed by atoms with Crippen molar-refractivity contribution in [2.75, 3.05) is 0 Å². The minimum Gasteiger partial charge on any atom is -0.480 e. The van der Waals surface area contributed by atoms with Gasteiger partial charge in [0, 0.05) is 11.8 Å². The van der Waals surface area contributed by atoms with E-state index in [2.05, 4.69) is 5.32 Å². The maximum absolute atomic E-state index is 13.0. The smallest absolute Gasteiger partial charge is 0.408 e. The van der Waals surface area contributed by atoms with Gasteiger partial charge in [-0.05, 0) is 99.1 Å². The fourth-order valence-electron chi connectivity index (χ4n) is 4.15. The second-order valence-corrected chi connectivity index (χ2v) is 14.3. The molecule has 11 heteroatoms. The molecule has 0 aliphatic carbocycles. The summed E-state index contributed by atoms with van der Waals surface area (Å²) in [6.07, 6.45) is -1.83. The molecule has 0 saturated carbocycles. The number of ether oxygens (including phenoxy) is 4. The van der Waals surface area contributed by atoms with E-state index in [0.29, 0.717) is 11.1 Å². The molecule has 0 heterocycles. The Morgan fingerprint density at radius 1 is 0.739 bits per heavy atom. The first kappa shape index (κ1) is 37.8. The average Bonchev–Trinajstić information content (AvgIpc) is 2.92. The lowest BCUT2D eigenvalue weighted by Gasteiger charge is -2.34. The molecule has 46 heavy (non-hydrogen) atoms. The van der Waals surface area contributed by atoms with E-state index in [4.69, 9.17) is 18.9 Å². The molecule has 0 bridgehead atoms. The molecule has 2 rings (SSSR count). The predicted octanol–water partition coefficient (Wildman–Crippen LogP) is 6.53. The fraction of sp³-hybridized carbons (Fsp3) is 0.514. The second-order valence-electron chi connectivity index (χ2n) is 14.3. The molecule has 2 aromatic carbocycles. The Balaban J connectivity index is 2.69. The Morgan fingerprint density at radius 3 is 1.74 bits per heavy atom. The Kier molecular flexibility index (Phi) is 12.1. The molecule has 0 aliphatic heterocycles. The zero-order chi connectivity index (χ0) is 35.2. The summed E-state index contributed by atoms with van der Waals surface area (Å²) in [6.45, 7) is 18.2. The number of hydrogen-bond acceptors (Lipinski definition) is 9. The van der Waals surface area contributed by atoms with Crippen LogP contribution in [0.3, 0.4) is 0 Å². The lowest BCUT2D eigenvalue weighted by Crippen LogP contribution is -2.49. The van der Waals surface area contributed by atoms with Crippen LogP contribution in [0.25, 0.3) is 0 Å². The summed E-state index contributed by atoms with van der Waals surface area (Å²) in [5.41, 5.74) is -2.13. The Morgan fingerprint density at radius 2 is 1.26 bits per heavy atom. The molecule has 11 nitrogen and oxygen atoms in total. The lowest BCUT2D eigenvalue weighted by molar-refractivity contribution is -0.145. The van der Waals surface area contributed by atoms with E-state index >= 15 is 0 Å². The Hall–Kier alpha value is -4.41. The van der Waals surface area contributed by atoms with Gasteiger partial charge in [-0.1, -0.05) is 31.2 Å². The van der Waals surface area contributed by atoms with E-state index in [1.54, 1.807) is 106 Å². The fourth-order valence-corrected chi connectivity index (χ4v) is 4.15. The van der Waals surface area contributed by atoms with Crippen LogP contribution in [0.5, 0.6) is 11.5 Å². The molecule has 0 aliphatic rings. The molecule has 1 amide bonds. The molecule has 2 N–H and O–H groups in total. The van der Waals surface area contributed by atoms with Crippen molar-refractivity contribution in [1.82, 2.24) is 5.32 Å². The van der Waals surface area contributed by atoms with Gasteiger partial charge < -0.3 is 29.4 Å². The number of carbonyl (C=O) groups is 5. The number of nitrogens with one attached hydrogen (secondary N) is 1. The summed E-state index contributed by atoms with van der Waals surface area (Å²) >= 11 is 0. The molecule has 4 atom stereocenters. The minimum atomic E-state index is -1.59. The Labute approximate surface area is 270 Å². The number of alkyl carbamates (subject to hydrolysis) is 1. The zero-order valence-corrected chi connectivity index (χ0v) is 28.5. The van der Waals surface area contributed by atoms with E-state index < -0.39 is 70.4 Å². The van der Waals surface area contributed by atoms with Gasteiger partial charge in [-0.3, -0.25) is 9.59 Å². The molecule has 3 unspecified atom stereocenters. The van der Waals surface area contributed by atoms with Crippen LogP contribution in [0, 0.1) is 16.7 Å². The SMILES string of the molecule is CC(OC(=O)c1ccccc1)C(C)C(c1ccc(OC(=O)C(C)(C)C)c(OC(=O)C(C)(C)C)c1)[C@H](NC(=O)OC(C)(C)C)C(=O)O. The lowest BCUT2D eigenvalue weighted by atomic mass is 9.78. The minimum absolute atomic E-state index is 0.0526. The molecule has 0 spiro atoms. The third kappa shape index (κ3) is 10.9. The molecule has 0 fully saturated rings. The van der Waals surface area contributed by atoms with E-state index in [1.165, 1.54) is 18.2 Å². The van der Waals surface area contributed by atoms with E-state index in [9.17, 15) is 29.1 Å². The molecule has 0 radical (unpaired) electrons. The first-order valence-corrected chi connectivity index (χ1v) is 15.1. The zero-order valence-electron chi connectivity index (χ0n) is 28.5. The Bertz CT molecular complexity index is 1410. The maximum atomic E-state index is 13.0. The van der Waals surface area contributed by atoms with Gasteiger partial charge in [0.2, 0.25) is 0 Å². The van der Waals surface area contributed by atoms with Crippen LogP contribution in [-0.2, 0) is 23.9 Å². The number of carboxylic acids is 1. The molecular formula is C35H47NO10. The van der Waals surface area contributed by atoms with Gasteiger partial charge in [-0.15, -0.1) is 0 Å². The summed E-state index contributed by atoms with van der Waals surface area (Å²) in [5.74, 6) is -5.20. The third-order valence-electron chi connectivity index (χ3n) is 6.89. The van der Waals surface area contributed by atoms with Crippen LogP contribution in [0.1, 0.15) is 98.0 Å². The van der Waals surface area contributed by atoms with Crippen molar-refractivity contribution in [3.05, 3.63) is 59.7 Å². The van der Waals surface area contributed by atoms with Crippen molar-refractivity contribution in [1.29, 1.82) is 0 Å². The summed E-state index contributed by atoms with van der Waals surface area (Å²) in [4.78, 5) is 64.3. The number of rotatable bonds is 10. The normalized spacial score (nSPS) is 14.6. The third-order valence-corrected chi connectivity index (χ3v) is 6.89. The van der Waals surface area contributed by atoms with Crippen molar-refractivity contribution in [2.45, 2.75) is 99.8 Å². The van der Waals surface area contributed by atoms with Gasteiger partial charge in [0.25, 0.3) is 0 Å². The van der Waals surface area contributed by atoms with Gasteiger partial charge in [0.1, 0.15) is 17.7 Å². The van der Waals surface area contributed by atoms with E-state index in [0.717, 1.165) is 0 Å². The van der Waals surface area contributed by atoms with Crippen LogP contribution in [0.4, 0.5) is 4.79 Å². The number of hydrogen-bond donors (Lipinski definition) is 2. The molecule has 0 saturated heterocycles. The van der Waals surface area contributed by atoms with Crippen molar-refractivity contribution in [3.8, 4) is 11.5 Å². The van der Waals surface area contributed by atoms with E-state index in [1.807, 2.05) is 0 Å². The van der Waals surface area contributed by atoms with Crippen molar-refractivity contribution >= 4 is 30.0 Å². The van der Waals surface area contributed by atoms with Crippen LogP contribution < -0.4 is 14.8 Å². The van der Waals surface area contributed by atoms with Crippen LogP contribution >= 0.6 is 0 Å². The number of carbonyl (C=O) groups excluding carboxylic acids is 4.